The molecular weight excluding hydrogens is 460 g/mol. The van der Waals surface area contributed by atoms with Gasteiger partial charge in [-0.15, -0.1) is 0 Å². The number of hydrogen-bond donors (Lipinski definition) is 8. The molecule has 0 saturated carbocycles. The average Bonchev–Trinajstić information content (AvgIpc) is 1.76. The van der Waals surface area contributed by atoms with Crippen molar-refractivity contribution in [1.82, 2.24) is 0 Å². The summed E-state index contributed by atoms with van der Waals surface area (Å²) in [5, 5.41) is 91.0. The standard InChI is InChI=1S/2BH3O3.BH2O3.BO3.Ba.Sr/c4*2-1(3)4;;/h2*2-4H;2-3H;;;/q;;-1;-3;2*+2. The first kappa shape index (κ1) is 37.2. The van der Waals surface area contributed by atoms with Crippen molar-refractivity contribution < 1.29 is 60.3 Å². The molecule has 96 valence electrons. The number of rotatable bonds is 0. The van der Waals surface area contributed by atoms with E-state index in [0.29, 0.717) is 0 Å². The third-order valence-electron chi connectivity index (χ3n) is 0. The first-order chi connectivity index (χ1) is 6.93. The van der Waals surface area contributed by atoms with Gasteiger partial charge < -0.3 is 60.3 Å². The zero-order valence-corrected chi connectivity index (χ0v) is 16.9. The fraction of sp³-hybridized carbons (Fsp3) is 0. The molecule has 0 heterocycles. The largest absolute Gasteiger partial charge is 2.00 e. The van der Waals surface area contributed by atoms with E-state index in [1.807, 2.05) is 0 Å². The Morgan fingerprint density at radius 1 is 0.556 bits per heavy atom. The van der Waals surface area contributed by atoms with Gasteiger partial charge >= 0.3 is 116 Å². The van der Waals surface area contributed by atoms with Crippen LogP contribution in [0.5, 0.6) is 0 Å². The first-order valence-electron chi connectivity index (χ1n) is 3.01. The van der Waals surface area contributed by atoms with Crippen LogP contribution in [0.4, 0.5) is 0 Å². The van der Waals surface area contributed by atoms with Crippen LogP contribution in [-0.4, -0.2) is 164 Å². The second kappa shape index (κ2) is 32.0. The quantitative estimate of drug-likeness (QED) is 0.154. The molecule has 0 aromatic carbocycles. The van der Waals surface area contributed by atoms with Crippen LogP contribution in [0, 0.1) is 0 Å². The summed E-state index contributed by atoms with van der Waals surface area (Å²) >= 11 is 0. The SMILES string of the molecule is OB(O)O.OB(O)O.[Ba+2].[O-]B(O)O.[O-]B([O-])[O-].[Sr+2]. The zero-order valence-electron chi connectivity index (χ0n) is 8.93. The van der Waals surface area contributed by atoms with E-state index in [1.54, 1.807) is 0 Å². The summed E-state index contributed by atoms with van der Waals surface area (Å²) in [6.07, 6.45) is 0. The van der Waals surface area contributed by atoms with Crippen LogP contribution in [0.15, 0.2) is 0 Å². The molecule has 0 amide bonds. The van der Waals surface area contributed by atoms with Crippen LogP contribution < -0.4 is 20.1 Å². The van der Waals surface area contributed by atoms with Gasteiger partial charge in [0.05, 0.1) is 0 Å². The molecule has 0 spiro atoms. The van der Waals surface area contributed by atoms with Gasteiger partial charge in [-0.1, -0.05) is 0 Å². The van der Waals surface area contributed by atoms with Gasteiger partial charge in [0.15, 0.2) is 0 Å². The van der Waals surface area contributed by atoms with Gasteiger partial charge in [0.2, 0.25) is 0 Å². The maximum absolute atomic E-state index is 8.64. The minimum atomic E-state index is -2.92. The average molecular weight is 468 g/mol. The fourth-order valence-electron chi connectivity index (χ4n) is 0. The Kier molecular flexibility index (Phi) is 66.2. The summed E-state index contributed by atoms with van der Waals surface area (Å²) in [6.45, 7) is 0. The van der Waals surface area contributed by atoms with Crippen molar-refractivity contribution >= 4 is 124 Å². The van der Waals surface area contributed by atoms with Gasteiger partial charge in [-0.3, -0.25) is 7.32 Å². The smallest absolute Gasteiger partial charge is 0.907 e. The van der Waals surface area contributed by atoms with E-state index in [-0.39, 0.29) is 94.4 Å². The molecule has 18 heavy (non-hydrogen) atoms. The Morgan fingerprint density at radius 2 is 0.556 bits per heavy atom. The molecular formula is H8B4BaO12Sr. The van der Waals surface area contributed by atoms with E-state index >= 15 is 0 Å². The Balaban J connectivity index is -0.0000000257. The Bertz CT molecular complexity index is 67.1. The second-order valence-corrected chi connectivity index (χ2v) is 1.31. The van der Waals surface area contributed by atoms with E-state index in [1.165, 1.54) is 0 Å². The van der Waals surface area contributed by atoms with Crippen LogP contribution >= 0.6 is 0 Å². The van der Waals surface area contributed by atoms with Crippen molar-refractivity contribution in [3.63, 3.8) is 0 Å². The van der Waals surface area contributed by atoms with Crippen LogP contribution in [0.2, 0.25) is 0 Å². The van der Waals surface area contributed by atoms with Crippen molar-refractivity contribution in [2.45, 2.75) is 0 Å². The molecule has 18 heteroatoms. The normalized spacial score (nSPS) is 6.00. The van der Waals surface area contributed by atoms with Crippen LogP contribution in [0.25, 0.3) is 0 Å². The molecule has 0 aromatic heterocycles. The first-order valence-corrected chi connectivity index (χ1v) is 3.01. The molecule has 0 atom stereocenters. The Hall–Kier alpha value is 2.83. The molecule has 8 N–H and O–H groups in total. The maximum Gasteiger partial charge on any atom is 2.00 e. The fourth-order valence-corrected chi connectivity index (χ4v) is 0. The Labute approximate surface area is 181 Å². The van der Waals surface area contributed by atoms with Gasteiger partial charge in [-0.25, -0.2) is 0 Å². The van der Waals surface area contributed by atoms with E-state index < -0.39 is 29.3 Å². The summed E-state index contributed by atoms with van der Waals surface area (Å²) in [5.74, 6) is 0. The van der Waals surface area contributed by atoms with Gasteiger partial charge in [0.25, 0.3) is 0 Å². The van der Waals surface area contributed by atoms with Crippen LogP contribution in [0.3, 0.4) is 0 Å². The van der Waals surface area contributed by atoms with Crippen molar-refractivity contribution in [3.8, 4) is 0 Å². The van der Waals surface area contributed by atoms with Crippen molar-refractivity contribution in [3.05, 3.63) is 0 Å². The van der Waals surface area contributed by atoms with Crippen molar-refractivity contribution in [2.75, 3.05) is 0 Å². The maximum atomic E-state index is 8.64. The summed E-state index contributed by atoms with van der Waals surface area (Å²) in [5.41, 5.74) is 0. The molecule has 0 fully saturated rings. The monoisotopic (exact) mass is 470 g/mol. The third-order valence-corrected chi connectivity index (χ3v) is 0. The molecule has 0 aliphatic heterocycles. The summed E-state index contributed by atoms with van der Waals surface area (Å²) < 4.78 is 0. The van der Waals surface area contributed by atoms with Crippen LogP contribution in [0.1, 0.15) is 0 Å². The van der Waals surface area contributed by atoms with Crippen LogP contribution in [-0.2, 0) is 0 Å². The third kappa shape index (κ3) is 747. The molecule has 12 nitrogen and oxygen atoms in total. The minimum Gasteiger partial charge on any atom is -0.907 e. The molecule has 0 unspecified atom stereocenters. The molecule has 0 rings (SSSR count). The zero-order chi connectivity index (χ0) is 14.3. The Morgan fingerprint density at radius 3 is 0.556 bits per heavy atom. The molecule has 0 bridgehead atoms. The van der Waals surface area contributed by atoms with E-state index in [9.17, 15) is 0 Å². The number of hydrogen-bond acceptors (Lipinski definition) is 12. The van der Waals surface area contributed by atoms with Crippen molar-refractivity contribution in [1.29, 1.82) is 0 Å². The minimum absolute atomic E-state index is 0. The molecule has 0 aliphatic carbocycles. The molecule has 0 aromatic rings. The van der Waals surface area contributed by atoms with Gasteiger partial charge in [-0.05, 0) is 0 Å². The van der Waals surface area contributed by atoms with Crippen molar-refractivity contribution in [2.24, 2.45) is 0 Å². The topological polar surface area (TPSA) is 254 Å². The predicted molar refractivity (Wildman–Crippen MR) is 52.3 cm³/mol. The van der Waals surface area contributed by atoms with Gasteiger partial charge in [-0.2, -0.15) is 0 Å². The molecule has 0 saturated heterocycles. The van der Waals surface area contributed by atoms with E-state index in [4.69, 9.17) is 60.3 Å². The van der Waals surface area contributed by atoms with Gasteiger partial charge in [0.1, 0.15) is 0 Å². The summed E-state index contributed by atoms with van der Waals surface area (Å²) in [7, 11) is -9.67. The van der Waals surface area contributed by atoms with Gasteiger partial charge in [0, 0.05) is 0 Å². The molecule has 0 aliphatic rings. The predicted octanol–water partition coefficient (Wildman–Crippen LogP) is -11.5. The summed E-state index contributed by atoms with van der Waals surface area (Å²) in [6, 6.07) is 0. The second-order valence-electron chi connectivity index (χ2n) is 1.31. The van der Waals surface area contributed by atoms with E-state index in [2.05, 4.69) is 0 Å². The van der Waals surface area contributed by atoms with E-state index in [0.717, 1.165) is 0 Å². The summed E-state index contributed by atoms with van der Waals surface area (Å²) in [4.78, 5) is 0. The molecule has 0 radical (unpaired) electrons.